The average molecular weight is 151 g/mol. The summed E-state index contributed by atoms with van der Waals surface area (Å²) in [5, 5.41) is 1.52. The van der Waals surface area contributed by atoms with Crippen LogP contribution >= 0.6 is 0 Å². The molecule has 0 N–H and O–H groups in total. The molecule has 1 aliphatic carbocycles. The van der Waals surface area contributed by atoms with Crippen molar-refractivity contribution in [2.45, 2.75) is 32.5 Å². The molecule has 0 saturated heterocycles. The van der Waals surface area contributed by atoms with E-state index in [2.05, 4.69) is 38.2 Å². The summed E-state index contributed by atoms with van der Waals surface area (Å²) in [5.41, 5.74) is 0. The minimum absolute atomic E-state index is 1.03. The fourth-order valence-corrected chi connectivity index (χ4v) is 2.59. The first-order valence-corrected chi connectivity index (χ1v) is 7.15. The Bertz CT molecular complexity index is 175. The van der Waals surface area contributed by atoms with Crippen molar-refractivity contribution in [3.8, 4) is 0 Å². The van der Waals surface area contributed by atoms with Crippen LogP contribution in [-0.2, 0) is 0 Å². The third-order valence-corrected chi connectivity index (χ3v) is 5.88. The molecule has 0 aromatic heterocycles. The third kappa shape index (κ3) is 1.40. The number of hydrogen-bond donors (Lipinski definition) is 0. The molecule has 1 rings (SSSR count). The highest BCUT2D eigenvalue weighted by Crippen LogP contribution is 2.23. The van der Waals surface area contributed by atoms with Gasteiger partial charge in [-0.05, 0) is 12.5 Å². The lowest BCUT2D eigenvalue weighted by molar-refractivity contribution is 1.34. The standard InChI is InChI=1S/C9H15Si/c1-4-10(2,3)9-7-5-6-8-9/h5,7H,4,6H2,1-3H3. The highest BCUT2D eigenvalue weighted by atomic mass is 28.3. The average Bonchev–Trinajstić information content (AvgIpc) is 2.38. The molecule has 0 aromatic carbocycles. The second-order valence-corrected chi connectivity index (χ2v) is 8.45. The summed E-state index contributed by atoms with van der Waals surface area (Å²) in [7, 11) is -1.03. The van der Waals surface area contributed by atoms with Crippen LogP contribution in [0.15, 0.2) is 17.3 Å². The first kappa shape index (κ1) is 7.80. The van der Waals surface area contributed by atoms with E-state index >= 15 is 0 Å². The van der Waals surface area contributed by atoms with Crippen LogP contribution in [0.3, 0.4) is 0 Å². The first-order valence-electron chi connectivity index (χ1n) is 3.94. The number of rotatable bonds is 2. The summed E-state index contributed by atoms with van der Waals surface area (Å²) in [5.74, 6) is 0. The van der Waals surface area contributed by atoms with Gasteiger partial charge in [0.1, 0.15) is 0 Å². The van der Waals surface area contributed by atoms with Crippen LogP contribution in [-0.4, -0.2) is 8.07 Å². The van der Waals surface area contributed by atoms with Crippen LogP contribution in [0.4, 0.5) is 0 Å². The van der Waals surface area contributed by atoms with Gasteiger partial charge in [0, 0.05) is 0 Å². The molecule has 0 heterocycles. The quantitative estimate of drug-likeness (QED) is 0.532. The number of hydrogen-bond acceptors (Lipinski definition) is 0. The minimum Gasteiger partial charge on any atom is -0.0802 e. The Balaban J connectivity index is 2.72. The molecule has 0 nitrogen and oxygen atoms in total. The molecular weight excluding hydrogens is 136 g/mol. The molecule has 0 atom stereocenters. The van der Waals surface area contributed by atoms with Crippen LogP contribution < -0.4 is 0 Å². The van der Waals surface area contributed by atoms with Gasteiger partial charge >= 0.3 is 0 Å². The van der Waals surface area contributed by atoms with Crippen molar-refractivity contribution in [3.63, 3.8) is 0 Å². The molecule has 0 aliphatic heterocycles. The molecule has 1 radical (unpaired) electrons. The van der Waals surface area contributed by atoms with Crippen molar-refractivity contribution >= 4 is 8.07 Å². The zero-order valence-electron chi connectivity index (χ0n) is 7.07. The van der Waals surface area contributed by atoms with Crippen LogP contribution in [0.25, 0.3) is 0 Å². The number of allylic oxidation sites excluding steroid dienone is 4. The fourth-order valence-electron chi connectivity index (χ4n) is 1.06. The zero-order valence-corrected chi connectivity index (χ0v) is 8.07. The van der Waals surface area contributed by atoms with Crippen molar-refractivity contribution in [1.29, 1.82) is 0 Å². The molecule has 0 amide bonds. The van der Waals surface area contributed by atoms with Crippen LogP contribution in [0.2, 0.25) is 19.1 Å². The van der Waals surface area contributed by atoms with Crippen molar-refractivity contribution < 1.29 is 0 Å². The van der Waals surface area contributed by atoms with Gasteiger partial charge in [-0.2, -0.15) is 0 Å². The smallest absolute Gasteiger partial charge is 0.0802 e. The summed E-state index contributed by atoms with van der Waals surface area (Å²) in [6.07, 6.45) is 8.93. The van der Waals surface area contributed by atoms with Gasteiger partial charge in [-0.15, -0.1) is 0 Å². The SMILES string of the molecule is CC[Si](C)(C)C1=[C]CC=C1. The summed E-state index contributed by atoms with van der Waals surface area (Å²) in [4.78, 5) is 0. The maximum absolute atomic E-state index is 3.42. The predicted octanol–water partition coefficient (Wildman–Crippen LogP) is 2.94. The molecule has 0 aromatic rings. The molecule has 0 unspecified atom stereocenters. The van der Waals surface area contributed by atoms with Crippen molar-refractivity contribution in [1.82, 2.24) is 0 Å². The Hall–Kier alpha value is -0.303. The molecule has 55 valence electrons. The molecule has 1 heteroatoms. The van der Waals surface area contributed by atoms with Gasteiger partial charge in [-0.3, -0.25) is 0 Å². The third-order valence-electron chi connectivity index (χ3n) is 2.31. The summed E-state index contributed by atoms with van der Waals surface area (Å²) in [6, 6.07) is 1.33. The lowest BCUT2D eigenvalue weighted by atomic mass is 10.5. The highest BCUT2D eigenvalue weighted by Gasteiger charge is 2.22. The molecule has 0 spiro atoms. The lowest BCUT2D eigenvalue weighted by Gasteiger charge is -2.19. The van der Waals surface area contributed by atoms with E-state index in [1.54, 1.807) is 0 Å². The summed E-state index contributed by atoms with van der Waals surface area (Å²) in [6.45, 7) is 7.10. The topological polar surface area (TPSA) is 0 Å². The maximum Gasteiger partial charge on any atom is 0.0807 e. The van der Waals surface area contributed by atoms with Crippen LogP contribution in [0, 0.1) is 6.08 Å². The van der Waals surface area contributed by atoms with E-state index in [1.165, 1.54) is 11.2 Å². The Morgan fingerprint density at radius 3 is 2.70 bits per heavy atom. The molecular formula is C9H15Si. The highest BCUT2D eigenvalue weighted by molar-refractivity contribution is 6.84. The summed E-state index contributed by atoms with van der Waals surface area (Å²) < 4.78 is 0. The predicted molar refractivity (Wildman–Crippen MR) is 48.5 cm³/mol. The van der Waals surface area contributed by atoms with Crippen LogP contribution in [0.1, 0.15) is 13.3 Å². The lowest BCUT2D eigenvalue weighted by Crippen LogP contribution is -2.26. The monoisotopic (exact) mass is 151 g/mol. The fraction of sp³-hybridized carbons (Fsp3) is 0.556. The Morgan fingerprint density at radius 1 is 1.60 bits per heavy atom. The van der Waals surface area contributed by atoms with Gasteiger partial charge in [-0.25, -0.2) is 0 Å². The first-order chi connectivity index (χ1) is 4.67. The Labute approximate surface area is 64.7 Å². The molecule has 0 saturated carbocycles. The molecule has 10 heavy (non-hydrogen) atoms. The van der Waals surface area contributed by atoms with E-state index in [0.717, 1.165) is 6.42 Å². The van der Waals surface area contributed by atoms with Crippen molar-refractivity contribution in [2.24, 2.45) is 0 Å². The molecule has 1 aliphatic rings. The minimum atomic E-state index is -1.03. The van der Waals surface area contributed by atoms with Gasteiger partial charge < -0.3 is 0 Å². The maximum atomic E-state index is 3.42. The Morgan fingerprint density at radius 2 is 2.30 bits per heavy atom. The van der Waals surface area contributed by atoms with Gasteiger partial charge in [0.15, 0.2) is 0 Å². The summed E-state index contributed by atoms with van der Waals surface area (Å²) >= 11 is 0. The van der Waals surface area contributed by atoms with Gasteiger partial charge in [-0.1, -0.05) is 43.4 Å². The zero-order chi connectivity index (χ0) is 7.61. The van der Waals surface area contributed by atoms with E-state index in [0.29, 0.717) is 0 Å². The second-order valence-electron chi connectivity index (χ2n) is 3.43. The van der Waals surface area contributed by atoms with E-state index in [-0.39, 0.29) is 0 Å². The van der Waals surface area contributed by atoms with E-state index in [9.17, 15) is 0 Å². The Kier molecular flexibility index (Phi) is 2.14. The normalized spacial score (nSPS) is 17.7. The van der Waals surface area contributed by atoms with E-state index in [1.807, 2.05) is 0 Å². The van der Waals surface area contributed by atoms with Gasteiger partial charge in [0.2, 0.25) is 0 Å². The van der Waals surface area contributed by atoms with E-state index in [4.69, 9.17) is 0 Å². The van der Waals surface area contributed by atoms with Crippen LogP contribution in [0.5, 0.6) is 0 Å². The second kappa shape index (κ2) is 2.75. The van der Waals surface area contributed by atoms with Crippen molar-refractivity contribution in [2.75, 3.05) is 0 Å². The van der Waals surface area contributed by atoms with Gasteiger partial charge in [0.25, 0.3) is 0 Å². The van der Waals surface area contributed by atoms with Gasteiger partial charge in [0.05, 0.1) is 8.07 Å². The van der Waals surface area contributed by atoms with Crippen molar-refractivity contribution in [3.05, 3.63) is 23.4 Å². The largest absolute Gasteiger partial charge is 0.0807 e. The van der Waals surface area contributed by atoms with E-state index < -0.39 is 8.07 Å². The molecule has 0 bridgehead atoms. The molecule has 0 fully saturated rings.